The third-order valence-electron chi connectivity index (χ3n) is 3.66. The monoisotopic (exact) mass is 349 g/mol. The van der Waals surface area contributed by atoms with Crippen LogP contribution in [0.1, 0.15) is 30.8 Å². The van der Waals surface area contributed by atoms with Crippen molar-refractivity contribution in [1.29, 1.82) is 0 Å². The molecule has 0 aliphatic rings. The Balaban J connectivity index is 2.08. The third kappa shape index (κ3) is 4.07. The molecular formula is C16H23N5O2S. The molecule has 2 aromatic rings. The predicted octanol–water partition coefficient (Wildman–Crippen LogP) is 1.86. The molecule has 2 rings (SSSR count). The van der Waals surface area contributed by atoms with Crippen molar-refractivity contribution in [3.8, 4) is 0 Å². The molecule has 0 saturated carbocycles. The Bertz CT molecular complexity index is 789. The molecule has 0 unspecified atom stereocenters. The Labute approximate surface area is 143 Å². The standard InChI is InChI=1S/C16H23N5O2S/c1-5-14-15(6-2)19-20-16(18-14)17-11-12-7-9-13(10-8-12)24(22,23)21(3)4/h7-10H,5-6,11H2,1-4H3,(H,17,18,20). The van der Waals surface area contributed by atoms with E-state index in [-0.39, 0.29) is 4.90 Å². The summed E-state index contributed by atoms with van der Waals surface area (Å²) in [4.78, 5) is 4.74. The Hall–Kier alpha value is -2.06. The number of anilines is 1. The summed E-state index contributed by atoms with van der Waals surface area (Å²) in [6.07, 6.45) is 1.62. The lowest BCUT2D eigenvalue weighted by molar-refractivity contribution is 0.520. The van der Waals surface area contributed by atoms with Gasteiger partial charge < -0.3 is 5.32 Å². The fourth-order valence-corrected chi connectivity index (χ4v) is 3.09. The number of sulfonamides is 1. The van der Waals surface area contributed by atoms with Crippen LogP contribution in [0.5, 0.6) is 0 Å². The van der Waals surface area contributed by atoms with E-state index in [1.807, 2.05) is 13.8 Å². The maximum Gasteiger partial charge on any atom is 0.243 e. The van der Waals surface area contributed by atoms with Crippen molar-refractivity contribution < 1.29 is 8.42 Å². The lowest BCUT2D eigenvalue weighted by atomic mass is 10.2. The number of hydrogen-bond donors (Lipinski definition) is 1. The number of nitrogens with zero attached hydrogens (tertiary/aromatic N) is 4. The summed E-state index contributed by atoms with van der Waals surface area (Å²) in [6.45, 7) is 4.57. The SMILES string of the molecule is CCc1nnc(NCc2ccc(S(=O)(=O)N(C)C)cc2)nc1CC. The summed E-state index contributed by atoms with van der Waals surface area (Å²) >= 11 is 0. The highest BCUT2D eigenvalue weighted by Crippen LogP contribution is 2.15. The molecular weight excluding hydrogens is 326 g/mol. The van der Waals surface area contributed by atoms with Crippen LogP contribution < -0.4 is 5.32 Å². The van der Waals surface area contributed by atoms with E-state index in [4.69, 9.17) is 0 Å². The van der Waals surface area contributed by atoms with E-state index in [1.54, 1.807) is 24.3 Å². The van der Waals surface area contributed by atoms with Crippen LogP contribution in [0, 0.1) is 0 Å². The molecule has 8 heteroatoms. The van der Waals surface area contributed by atoms with Gasteiger partial charge in [0.05, 0.1) is 16.3 Å². The zero-order valence-corrected chi connectivity index (χ0v) is 15.3. The molecule has 130 valence electrons. The maximum atomic E-state index is 12.0. The quantitative estimate of drug-likeness (QED) is 0.821. The van der Waals surface area contributed by atoms with Crippen LogP contribution >= 0.6 is 0 Å². The molecule has 1 N–H and O–H groups in total. The summed E-state index contributed by atoms with van der Waals surface area (Å²) in [5.74, 6) is 0.481. The summed E-state index contributed by atoms with van der Waals surface area (Å²) in [7, 11) is -0.371. The highest BCUT2D eigenvalue weighted by molar-refractivity contribution is 7.89. The van der Waals surface area contributed by atoms with E-state index in [1.165, 1.54) is 18.4 Å². The van der Waals surface area contributed by atoms with E-state index in [2.05, 4.69) is 20.5 Å². The van der Waals surface area contributed by atoms with Crippen molar-refractivity contribution in [2.45, 2.75) is 38.1 Å². The average molecular weight is 349 g/mol. The summed E-state index contributed by atoms with van der Waals surface area (Å²) in [5, 5.41) is 11.4. The van der Waals surface area contributed by atoms with Gasteiger partial charge in [0.1, 0.15) is 0 Å². The lowest BCUT2D eigenvalue weighted by Gasteiger charge is -2.12. The van der Waals surface area contributed by atoms with Gasteiger partial charge in [0.2, 0.25) is 16.0 Å². The van der Waals surface area contributed by atoms with Crippen molar-refractivity contribution >= 4 is 16.0 Å². The third-order valence-corrected chi connectivity index (χ3v) is 5.49. The van der Waals surface area contributed by atoms with Gasteiger partial charge in [-0.05, 0) is 30.5 Å². The van der Waals surface area contributed by atoms with Gasteiger partial charge in [-0.15, -0.1) is 5.10 Å². The summed E-state index contributed by atoms with van der Waals surface area (Å²) < 4.78 is 25.3. The van der Waals surface area contributed by atoms with E-state index < -0.39 is 10.0 Å². The minimum absolute atomic E-state index is 0.273. The minimum atomic E-state index is -3.40. The molecule has 0 radical (unpaired) electrons. The first-order valence-electron chi connectivity index (χ1n) is 7.86. The van der Waals surface area contributed by atoms with Gasteiger partial charge in [0, 0.05) is 20.6 Å². The first-order chi connectivity index (χ1) is 11.4. The van der Waals surface area contributed by atoms with Crippen LogP contribution in [0.15, 0.2) is 29.2 Å². The predicted molar refractivity (Wildman–Crippen MR) is 93.2 cm³/mol. The Morgan fingerprint density at radius 2 is 1.62 bits per heavy atom. The molecule has 1 aromatic heterocycles. The van der Waals surface area contributed by atoms with Gasteiger partial charge >= 0.3 is 0 Å². The van der Waals surface area contributed by atoms with Gasteiger partial charge in [0.25, 0.3) is 0 Å². The molecule has 0 aliphatic heterocycles. The van der Waals surface area contributed by atoms with Crippen LogP contribution in [0.3, 0.4) is 0 Å². The zero-order valence-electron chi connectivity index (χ0n) is 14.4. The summed E-state index contributed by atoms with van der Waals surface area (Å²) in [6, 6.07) is 6.75. The van der Waals surface area contributed by atoms with E-state index in [0.29, 0.717) is 12.5 Å². The fourth-order valence-electron chi connectivity index (χ4n) is 2.18. The molecule has 0 atom stereocenters. The number of rotatable bonds is 7. The van der Waals surface area contributed by atoms with Crippen LogP contribution in [0.25, 0.3) is 0 Å². The number of nitrogens with one attached hydrogen (secondary N) is 1. The molecule has 0 fully saturated rings. The molecule has 1 heterocycles. The van der Waals surface area contributed by atoms with Crippen LogP contribution in [-0.2, 0) is 29.4 Å². The second-order valence-electron chi connectivity index (χ2n) is 5.52. The Morgan fingerprint density at radius 1 is 1.00 bits per heavy atom. The van der Waals surface area contributed by atoms with Crippen LogP contribution in [-0.4, -0.2) is 42.0 Å². The molecule has 0 amide bonds. The minimum Gasteiger partial charge on any atom is -0.349 e. The first-order valence-corrected chi connectivity index (χ1v) is 9.30. The molecule has 0 bridgehead atoms. The van der Waals surface area contributed by atoms with Crippen molar-refractivity contribution in [2.75, 3.05) is 19.4 Å². The van der Waals surface area contributed by atoms with Gasteiger partial charge in [-0.2, -0.15) is 5.10 Å². The number of hydrogen-bond acceptors (Lipinski definition) is 6. The Kier molecular flexibility index (Phi) is 5.84. The second-order valence-corrected chi connectivity index (χ2v) is 7.67. The molecule has 0 aliphatic carbocycles. The number of benzene rings is 1. The highest BCUT2D eigenvalue weighted by atomic mass is 32.2. The Morgan fingerprint density at radius 3 is 2.17 bits per heavy atom. The normalized spacial score (nSPS) is 11.7. The topological polar surface area (TPSA) is 88.1 Å². The number of aryl methyl sites for hydroxylation is 2. The number of aromatic nitrogens is 3. The van der Waals surface area contributed by atoms with E-state index in [0.717, 1.165) is 29.8 Å². The highest BCUT2D eigenvalue weighted by Gasteiger charge is 2.16. The first kappa shape index (κ1) is 18.3. The van der Waals surface area contributed by atoms with Gasteiger partial charge in [0.15, 0.2) is 0 Å². The zero-order chi connectivity index (χ0) is 17.7. The van der Waals surface area contributed by atoms with Crippen molar-refractivity contribution in [3.63, 3.8) is 0 Å². The molecule has 1 aromatic carbocycles. The molecule has 0 saturated heterocycles. The second kappa shape index (κ2) is 7.67. The van der Waals surface area contributed by atoms with Crippen molar-refractivity contribution in [1.82, 2.24) is 19.5 Å². The largest absolute Gasteiger partial charge is 0.349 e. The van der Waals surface area contributed by atoms with Crippen LogP contribution in [0.4, 0.5) is 5.95 Å². The molecule has 0 spiro atoms. The van der Waals surface area contributed by atoms with E-state index >= 15 is 0 Å². The maximum absolute atomic E-state index is 12.0. The summed E-state index contributed by atoms with van der Waals surface area (Å²) in [5.41, 5.74) is 2.80. The molecule has 7 nitrogen and oxygen atoms in total. The van der Waals surface area contributed by atoms with Crippen LogP contribution in [0.2, 0.25) is 0 Å². The average Bonchev–Trinajstić information content (AvgIpc) is 2.59. The van der Waals surface area contributed by atoms with Crippen molar-refractivity contribution in [2.24, 2.45) is 0 Å². The van der Waals surface area contributed by atoms with Gasteiger partial charge in [-0.1, -0.05) is 26.0 Å². The smallest absolute Gasteiger partial charge is 0.243 e. The van der Waals surface area contributed by atoms with E-state index in [9.17, 15) is 8.42 Å². The van der Waals surface area contributed by atoms with Crippen molar-refractivity contribution in [3.05, 3.63) is 41.2 Å². The lowest BCUT2D eigenvalue weighted by Crippen LogP contribution is -2.22. The van der Waals surface area contributed by atoms with Gasteiger partial charge in [-0.25, -0.2) is 17.7 Å². The molecule has 24 heavy (non-hydrogen) atoms. The van der Waals surface area contributed by atoms with Gasteiger partial charge in [-0.3, -0.25) is 0 Å². The fraction of sp³-hybridized carbons (Fsp3) is 0.438.